The molecule has 0 N–H and O–H groups in total. The van der Waals surface area contributed by atoms with Crippen molar-refractivity contribution in [3.63, 3.8) is 0 Å². The van der Waals surface area contributed by atoms with Gasteiger partial charge in [-0.25, -0.2) is 9.59 Å². The van der Waals surface area contributed by atoms with Gasteiger partial charge in [-0.05, 0) is 55.3 Å². The van der Waals surface area contributed by atoms with Crippen molar-refractivity contribution < 1.29 is 19.1 Å². The molecule has 0 aliphatic rings. The first-order chi connectivity index (χ1) is 14.3. The third-order valence-electron chi connectivity index (χ3n) is 3.79. The lowest BCUT2D eigenvalue weighted by molar-refractivity contribution is -0.133. The Hall–Kier alpha value is -3.92. The number of allylic oxidation sites excluding steroid dienone is 3. The highest BCUT2D eigenvalue weighted by molar-refractivity contribution is 5.89. The van der Waals surface area contributed by atoms with E-state index in [-0.39, 0.29) is 5.76 Å². The second-order valence-corrected chi connectivity index (χ2v) is 6.63. The number of esters is 2. The van der Waals surface area contributed by atoms with E-state index in [0.717, 1.165) is 22.3 Å². The van der Waals surface area contributed by atoms with Crippen molar-refractivity contribution >= 4 is 24.1 Å². The molecule has 2 aromatic rings. The number of aryl methyl sites for hydroxylation is 1. The first kappa shape index (κ1) is 22.4. The van der Waals surface area contributed by atoms with Crippen molar-refractivity contribution in [2.45, 2.75) is 13.8 Å². The Kier molecular flexibility index (Phi) is 8.33. The van der Waals surface area contributed by atoms with E-state index < -0.39 is 11.9 Å². The molecule has 0 saturated heterocycles. The van der Waals surface area contributed by atoms with Crippen molar-refractivity contribution in [2.75, 3.05) is 0 Å². The van der Waals surface area contributed by atoms with Crippen LogP contribution in [0.2, 0.25) is 0 Å². The van der Waals surface area contributed by atoms with Crippen LogP contribution in [0.15, 0.2) is 97.3 Å². The van der Waals surface area contributed by atoms with Gasteiger partial charge >= 0.3 is 11.9 Å². The molecular weight excluding hydrogens is 376 g/mol. The van der Waals surface area contributed by atoms with Gasteiger partial charge in [-0.3, -0.25) is 0 Å². The Morgan fingerprint density at radius 3 is 1.87 bits per heavy atom. The lowest BCUT2D eigenvalue weighted by Gasteiger charge is -2.02. The van der Waals surface area contributed by atoms with Crippen LogP contribution in [0, 0.1) is 6.92 Å². The van der Waals surface area contributed by atoms with Gasteiger partial charge in [0.05, 0.1) is 0 Å². The van der Waals surface area contributed by atoms with Crippen LogP contribution in [0.5, 0.6) is 5.75 Å². The van der Waals surface area contributed by atoms with Gasteiger partial charge in [-0.15, -0.1) is 0 Å². The molecule has 4 heteroatoms. The topological polar surface area (TPSA) is 52.6 Å². The van der Waals surface area contributed by atoms with Crippen molar-refractivity contribution in [3.8, 4) is 5.75 Å². The third kappa shape index (κ3) is 8.40. The van der Waals surface area contributed by atoms with Crippen molar-refractivity contribution in [1.82, 2.24) is 0 Å². The zero-order valence-electron chi connectivity index (χ0n) is 17.1. The van der Waals surface area contributed by atoms with Gasteiger partial charge in [-0.2, -0.15) is 0 Å². The highest BCUT2D eigenvalue weighted by atomic mass is 16.5. The van der Waals surface area contributed by atoms with Gasteiger partial charge in [-0.1, -0.05) is 66.8 Å². The number of ether oxygens (including phenoxy) is 2. The summed E-state index contributed by atoms with van der Waals surface area (Å²) in [6.07, 6.45) is 9.25. The third-order valence-corrected chi connectivity index (χ3v) is 3.79. The van der Waals surface area contributed by atoms with E-state index >= 15 is 0 Å². The van der Waals surface area contributed by atoms with Crippen LogP contribution in [-0.4, -0.2) is 11.9 Å². The van der Waals surface area contributed by atoms with Crippen LogP contribution in [-0.2, 0) is 14.3 Å². The Labute approximate surface area is 177 Å². The van der Waals surface area contributed by atoms with Crippen LogP contribution >= 0.6 is 0 Å². The summed E-state index contributed by atoms with van der Waals surface area (Å²) >= 11 is 0. The maximum absolute atomic E-state index is 11.9. The van der Waals surface area contributed by atoms with Gasteiger partial charge in [0.25, 0.3) is 0 Å². The molecule has 4 nitrogen and oxygen atoms in total. The zero-order valence-corrected chi connectivity index (χ0v) is 17.1. The van der Waals surface area contributed by atoms with Crippen LogP contribution in [0.1, 0.15) is 23.6 Å². The van der Waals surface area contributed by atoms with Gasteiger partial charge in [0.1, 0.15) is 11.5 Å². The molecule has 0 aliphatic carbocycles. The van der Waals surface area contributed by atoms with E-state index in [1.54, 1.807) is 48.6 Å². The lowest BCUT2D eigenvalue weighted by atomic mass is 10.1. The molecule has 2 rings (SSSR count). The van der Waals surface area contributed by atoms with Gasteiger partial charge in [0, 0.05) is 12.2 Å². The van der Waals surface area contributed by atoms with Crippen LogP contribution in [0.4, 0.5) is 0 Å². The summed E-state index contributed by atoms with van der Waals surface area (Å²) in [6.45, 7) is 11.2. The fourth-order valence-electron chi connectivity index (χ4n) is 2.24. The van der Waals surface area contributed by atoms with E-state index in [0.29, 0.717) is 5.75 Å². The fourth-order valence-corrected chi connectivity index (χ4v) is 2.24. The monoisotopic (exact) mass is 400 g/mol. The number of benzene rings is 2. The minimum atomic E-state index is -0.539. The molecule has 0 atom stereocenters. The molecule has 0 aliphatic heterocycles. The molecule has 2 aromatic carbocycles. The van der Waals surface area contributed by atoms with Crippen molar-refractivity contribution in [2.24, 2.45) is 0 Å². The predicted octanol–water partition coefficient (Wildman–Crippen LogP) is 5.82. The van der Waals surface area contributed by atoms with E-state index in [2.05, 4.69) is 13.2 Å². The largest absolute Gasteiger partial charge is 0.424 e. The SMILES string of the molecule is C=C(C)/C=C\C(=C)OC(=O)/C=C/c1ccc(OC(=O)/C=C/c2ccc(C)cc2)cc1. The van der Waals surface area contributed by atoms with Gasteiger partial charge in [0.15, 0.2) is 0 Å². The van der Waals surface area contributed by atoms with Crippen LogP contribution < -0.4 is 4.74 Å². The number of hydrogen-bond donors (Lipinski definition) is 0. The molecule has 0 aromatic heterocycles. The number of carbonyl (C=O) groups excluding carboxylic acids is 2. The summed E-state index contributed by atoms with van der Waals surface area (Å²) < 4.78 is 10.3. The highest BCUT2D eigenvalue weighted by Crippen LogP contribution is 2.14. The molecule has 0 amide bonds. The molecule has 0 bridgehead atoms. The van der Waals surface area contributed by atoms with E-state index in [9.17, 15) is 9.59 Å². The molecule has 0 saturated carbocycles. The Morgan fingerprint density at radius 1 is 0.767 bits per heavy atom. The molecule has 0 unspecified atom stereocenters. The Balaban J connectivity index is 1.86. The highest BCUT2D eigenvalue weighted by Gasteiger charge is 2.02. The summed E-state index contributed by atoms with van der Waals surface area (Å²) in [5, 5.41) is 0. The molecule has 0 heterocycles. The van der Waals surface area contributed by atoms with Crippen molar-refractivity contribution in [1.29, 1.82) is 0 Å². The summed E-state index contributed by atoms with van der Waals surface area (Å²) in [5.41, 5.74) is 3.66. The Bertz CT molecular complexity index is 1000. The zero-order chi connectivity index (χ0) is 21.9. The summed E-state index contributed by atoms with van der Waals surface area (Å²) in [4.78, 5) is 23.7. The smallest absolute Gasteiger partial charge is 0.336 e. The molecule has 30 heavy (non-hydrogen) atoms. The average molecular weight is 400 g/mol. The standard InChI is InChI=1S/C26H24O4/c1-19(2)5-8-21(4)29-25(27)17-13-23-11-15-24(16-12-23)30-26(28)18-14-22-9-6-20(3)7-10-22/h5-18H,1,4H2,2-3H3/b8-5-,17-13+,18-14+. The molecule has 0 fully saturated rings. The summed E-state index contributed by atoms with van der Waals surface area (Å²) in [6, 6.07) is 14.6. The van der Waals surface area contributed by atoms with Gasteiger partial charge < -0.3 is 9.47 Å². The number of carbonyl (C=O) groups is 2. The maximum Gasteiger partial charge on any atom is 0.336 e. The average Bonchev–Trinajstić information content (AvgIpc) is 2.71. The molecule has 0 radical (unpaired) electrons. The van der Waals surface area contributed by atoms with Crippen LogP contribution in [0.25, 0.3) is 12.2 Å². The lowest BCUT2D eigenvalue weighted by Crippen LogP contribution is -2.03. The first-order valence-electron chi connectivity index (χ1n) is 9.31. The van der Waals surface area contributed by atoms with Crippen molar-refractivity contribution in [3.05, 3.63) is 114 Å². The molecular formula is C26H24O4. The second kappa shape index (κ2) is 11.2. The van der Waals surface area contributed by atoms with Crippen LogP contribution in [0.3, 0.4) is 0 Å². The quantitative estimate of drug-likeness (QED) is 0.184. The van der Waals surface area contributed by atoms with E-state index in [1.807, 2.05) is 38.1 Å². The minimum Gasteiger partial charge on any atom is -0.424 e. The van der Waals surface area contributed by atoms with E-state index in [4.69, 9.17) is 9.47 Å². The number of hydrogen-bond acceptors (Lipinski definition) is 4. The minimum absolute atomic E-state index is 0.230. The van der Waals surface area contributed by atoms with E-state index in [1.165, 1.54) is 12.2 Å². The second-order valence-electron chi connectivity index (χ2n) is 6.63. The normalized spacial score (nSPS) is 11.1. The number of rotatable bonds is 8. The first-order valence-corrected chi connectivity index (χ1v) is 9.31. The summed E-state index contributed by atoms with van der Waals surface area (Å²) in [7, 11) is 0. The fraction of sp³-hybridized carbons (Fsp3) is 0.0769. The summed E-state index contributed by atoms with van der Waals surface area (Å²) in [5.74, 6) is -0.368. The van der Waals surface area contributed by atoms with Gasteiger partial charge in [0.2, 0.25) is 0 Å². The molecule has 152 valence electrons. The maximum atomic E-state index is 11.9. The molecule has 0 spiro atoms. The Morgan fingerprint density at radius 2 is 1.30 bits per heavy atom. The predicted molar refractivity (Wildman–Crippen MR) is 121 cm³/mol.